The van der Waals surface area contributed by atoms with Crippen LogP contribution in [0.4, 0.5) is 70.2 Å². The van der Waals surface area contributed by atoms with Gasteiger partial charge in [-0.1, -0.05) is 0 Å². The molecule has 1 aliphatic carbocycles. The summed E-state index contributed by atoms with van der Waals surface area (Å²) >= 11 is 0. The number of rotatable bonds is 3. The van der Waals surface area contributed by atoms with Gasteiger partial charge >= 0.3 is 41.7 Å². The molecular weight excluding hydrogens is 412 g/mol. The molecule has 0 heterocycles. The normalized spacial score (nSPS) is 24.0. The Morgan fingerprint density at radius 1 is 0.520 bits per heavy atom. The van der Waals surface area contributed by atoms with Crippen LogP contribution in [-0.2, 0) is 0 Å². The average molecular weight is 412 g/mol. The van der Waals surface area contributed by atoms with E-state index in [0.29, 0.717) is 0 Å². The summed E-state index contributed by atoms with van der Waals surface area (Å²) in [4.78, 5) is 0. The minimum atomic E-state index is -8.16. The highest BCUT2D eigenvalue weighted by Gasteiger charge is 2.93. The Bertz CT molecular complexity index is 588. The molecule has 0 N–H and O–H groups in total. The van der Waals surface area contributed by atoms with Crippen molar-refractivity contribution in [1.82, 2.24) is 0 Å². The monoisotopic (exact) mass is 412 g/mol. The van der Waals surface area contributed by atoms with E-state index >= 15 is 0 Å². The number of halogens is 16. The Labute approximate surface area is 125 Å². The third-order valence-corrected chi connectivity index (χ3v) is 3.12. The Morgan fingerprint density at radius 3 is 1.12 bits per heavy atom. The van der Waals surface area contributed by atoms with Crippen molar-refractivity contribution in [2.24, 2.45) is 0 Å². The van der Waals surface area contributed by atoms with Crippen molar-refractivity contribution in [2.45, 2.75) is 41.7 Å². The van der Waals surface area contributed by atoms with Crippen molar-refractivity contribution in [1.29, 1.82) is 0 Å². The van der Waals surface area contributed by atoms with Gasteiger partial charge < -0.3 is 0 Å². The SMILES string of the molecule is FC1=C(C(F)(C(F)(F)F)C(F)(F)C(F)(F)C(F)(F)F)C(F)(F)C1(F)F. The van der Waals surface area contributed by atoms with E-state index in [9.17, 15) is 70.2 Å². The lowest BCUT2D eigenvalue weighted by atomic mass is 9.72. The standard InChI is InChI=1S/C9F16/c10-2-1(4(12,13)5(2,14)15)3(11,8(20,21)22)6(16,17)7(18,19)9(23,24)25. The summed E-state index contributed by atoms with van der Waals surface area (Å²) in [6.45, 7) is 0. The zero-order valence-corrected chi connectivity index (χ0v) is 10.5. The highest BCUT2D eigenvalue weighted by Crippen LogP contribution is 2.68. The van der Waals surface area contributed by atoms with E-state index in [2.05, 4.69) is 0 Å². The Balaban J connectivity index is 3.88. The maximum Gasteiger partial charge on any atom is 0.460 e. The van der Waals surface area contributed by atoms with E-state index < -0.39 is 53.1 Å². The van der Waals surface area contributed by atoms with Crippen LogP contribution in [0.1, 0.15) is 0 Å². The molecule has 0 saturated carbocycles. The van der Waals surface area contributed by atoms with Crippen molar-refractivity contribution >= 4 is 0 Å². The lowest BCUT2D eigenvalue weighted by molar-refractivity contribution is -0.411. The van der Waals surface area contributed by atoms with Crippen molar-refractivity contribution in [2.75, 3.05) is 0 Å². The highest BCUT2D eigenvalue weighted by molar-refractivity contribution is 5.49. The summed E-state index contributed by atoms with van der Waals surface area (Å²) in [7, 11) is 0. The quantitative estimate of drug-likeness (QED) is 0.530. The number of allylic oxidation sites excluding steroid dienone is 2. The molecule has 1 atom stereocenters. The molecule has 16 heteroatoms. The van der Waals surface area contributed by atoms with Gasteiger partial charge in [0.2, 0.25) is 0 Å². The molecule has 1 rings (SSSR count). The third-order valence-electron chi connectivity index (χ3n) is 3.12. The second-order valence-corrected chi connectivity index (χ2v) is 4.64. The van der Waals surface area contributed by atoms with Crippen LogP contribution in [0.15, 0.2) is 11.4 Å². The molecule has 148 valence electrons. The molecule has 0 aromatic heterocycles. The number of alkyl halides is 15. The largest absolute Gasteiger partial charge is 0.460 e. The smallest absolute Gasteiger partial charge is 0.221 e. The van der Waals surface area contributed by atoms with Gasteiger partial charge in [-0.3, -0.25) is 0 Å². The summed E-state index contributed by atoms with van der Waals surface area (Å²) in [6.07, 6.45) is -15.4. The van der Waals surface area contributed by atoms with Crippen LogP contribution >= 0.6 is 0 Å². The first-order valence-corrected chi connectivity index (χ1v) is 5.27. The molecule has 0 aromatic carbocycles. The van der Waals surface area contributed by atoms with Crippen LogP contribution in [0, 0.1) is 0 Å². The first-order valence-electron chi connectivity index (χ1n) is 5.27. The van der Waals surface area contributed by atoms with Crippen molar-refractivity contribution in [3.8, 4) is 0 Å². The second-order valence-electron chi connectivity index (χ2n) is 4.64. The molecule has 0 radical (unpaired) electrons. The van der Waals surface area contributed by atoms with E-state index in [0.717, 1.165) is 0 Å². The number of hydrogen-bond acceptors (Lipinski definition) is 0. The molecule has 0 saturated heterocycles. The van der Waals surface area contributed by atoms with E-state index in [-0.39, 0.29) is 0 Å². The summed E-state index contributed by atoms with van der Waals surface area (Å²) in [5, 5.41) is 0. The van der Waals surface area contributed by atoms with Crippen LogP contribution in [0.25, 0.3) is 0 Å². The molecular formula is C9F16. The minimum Gasteiger partial charge on any atom is -0.221 e. The van der Waals surface area contributed by atoms with Crippen molar-refractivity contribution < 1.29 is 70.2 Å². The van der Waals surface area contributed by atoms with Gasteiger partial charge in [-0.15, -0.1) is 0 Å². The lowest BCUT2D eigenvalue weighted by Gasteiger charge is -2.47. The predicted molar refractivity (Wildman–Crippen MR) is 43.9 cm³/mol. The fourth-order valence-corrected chi connectivity index (χ4v) is 1.77. The molecule has 1 unspecified atom stereocenters. The van der Waals surface area contributed by atoms with Gasteiger partial charge in [0.15, 0.2) is 5.83 Å². The van der Waals surface area contributed by atoms with Crippen LogP contribution in [0.3, 0.4) is 0 Å². The van der Waals surface area contributed by atoms with E-state index in [4.69, 9.17) is 0 Å². The summed E-state index contributed by atoms with van der Waals surface area (Å²) < 4.78 is 201. The zero-order chi connectivity index (χ0) is 20.7. The maximum absolute atomic E-state index is 13.7. The van der Waals surface area contributed by atoms with Crippen LogP contribution < -0.4 is 0 Å². The van der Waals surface area contributed by atoms with E-state index in [1.807, 2.05) is 0 Å². The van der Waals surface area contributed by atoms with Crippen molar-refractivity contribution in [3.63, 3.8) is 0 Å². The molecule has 25 heavy (non-hydrogen) atoms. The molecule has 0 aliphatic heterocycles. The fourth-order valence-electron chi connectivity index (χ4n) is 1.77. The Hall–Kier alpha value is -1.38. The molecule has 0 nitrogen and oxygen atoms in total. The first-order chi connectivity index (χ1) is 10.5. The van der Waals surface area contributed by atoms with Gasteiger partial charge in [0, 0.05) is 0 Å². The molecule has 1 aliphatic rings. The first kappa shape index (κ1) is 21.7. The maximum atomic E-state index is 13.7. The lowest BCUT2D eigenvalue weighted by Crippen LogP contribution is -2.73. The second kappa shape index (κ2) is 4.86. The summed E-state index contributed by atoms with van der Waals surface area (Å²) in [5.74, 6) is -33.5. The van der Waals surface area contributed by atoms with Gasteiger partial charge in [0.05, 0.1) is 5.57 Å². The van der Waals surface area contributed by atoms with Gasteiger partial charge in [-0.2, -0.15) is 61.5 Å². The number of hydrogen-bond donors (Lipinski definition) is 0. The van der Waals surface area contributed by atoms with Crippen molar-refractivity contribution in [3.05, 3.63) is 11.4 Å². The Kier molecular flexibility index (Phi) is 4.22. The highest BCUT2D eigenvalue weighted by atomic mass is 19.4. The molecule has 0 fully saturated rings. The Morgan fingerprint density at radius 2 is 0.880 bits per heavy atom. The summed E-state index contributed by atoms with van der Waals surface area (Å²) in [5.41, 5.74) is -12.4. The minimum absolute atomic E-state index is 4.24. The van der Waals surface area contributed by atoms with E-state index in [1.165, 1.54) is 0 Å². The van der Waals surface area contributed by atoms with Gasteiger partial charge in [0.25, 0.3) is 0 Å². The van der Waals surface area contributed by atoms with Crippen LogP contribution in [0.5, 0.6) is 0 Å². The summed E-state index contributed by atoms with van der Waals surface area (Å²) in [6, 6.07) is 0. The van der Waals surface area contributed by atoms with Crippen LogP contribution in [0.2, 0.25) is 0 Å². The molecule has 0 amide bonds. The van der Waals surface area contributed by atoms with E-state index in [1.54, 1.807) is 0 Å². The van der Waals surface area contributed by atoms with Crippen LogP contribution in [-0.4, -0.2) is 41.7 Å². The molecule has 0 spiro atoms. The predicted octanol–water partition coefficient (Wildman–Crippen LogP) is 5.60. The topological polar surface area (TPSA) is 0 Å². The van der Waals surface area contributed by atoms with Gasteiger partial charge in [-0.05, 0) is 0 Å². The average Bonchev–Trinajstić information content (AvgIpc) is 2.34. The molecule has 0 aromatic rings. The zero-order valence-electron chi connectivity index (χ0n) is 10.5. The third kappa shape index (κ3) is 2.23. The molecule has 0 bridgehead atoms. The van der Waals surface area contributed by atoms with Gasteiger partial charge in [0.1, 0.15) is 0 Å². The van der Waals surface area contributed by atoms with Gasteiger partial charge in [-0.25, -0.2) is 8.78 Å². The fraction of sp³-hybridized carbons (Fsp3) is 0.778.